The number of aryl methyl sites for hydroxylation is 1. The number of imidazole rings is 1. The Balaban J connectivity index is 1.41. The fourth-order valence-electron chi connectivity index (χ4n) is 4.81. The number of Topliss-reactive ketones (excluding diaryl/α,β-unsaturated/α-hetero) is 1. The van der Waals surface area contributed by atoms with Crippen LogP contribution in [0.15, 0.2) is 36.7 Å². The summed E-state index contributed by atoms with van der Waals surface area (Å²) in [5.41, 5.74) is 2.96. The molecule has 2 N–H and O–H groups in total. The summed E-state index contributed by atoms with van der Waals surface area (Å²) in [6.45, 7) is 7.99. The van der Waals surface area contributed by atoms with E-state index in [9.17, 15) is 9.90 Å². The number of aliphatic hydroxyl groups is 1. The van der Waals surface area contributed by atoms with Gasteiger partial charge in [-0.1, -0.05) is 20.8 Å². The van der Waals surface area contributed by atoms with E-state index in [2.05, 4.69) is 41.0 Å². The summed E-state index contributed by atoms with van der Waals surface area (Å²) < 4.78 is 9.89. The van der Waals surface area contributed by atoms with Gasteiger partial charge in [0.2, 0.25) is 5.95 Å². The molecule has 1 saturated carbocycles. The molecule has 194 valence electrons. The minimum Gasteiger partial charge on any atom is -0.456 e. The zero-order valence-electron chi connectivity index (χ0n) is 21.9. The molecule has 0 amide bonds. The van der Waals surface area contributed by atoms with Gasteiger partial charge in [0.15, 0.2) is 11.5 Å². The normalized spacial score (nSPS) is 17.9. The number of hydrogen-bond donors (Lipinski definition) is 2. The zero-order valence-corrected chi connectivity index (χ0v) is 21.9. The van der Waals surface area contributed by atoms with E-state index in [4.69, 9.17) is 9.84 Å². The second kappa shape index (κ2) is 9.59. The number of rotatable bonds is 7. The third kappa shape index (κ3) is 5.20. The first-order valence-corrected chi connectivity index (χ1v) is 12.6. The second-order valence-corrected chi connectivity index (χ2v) is 10.8. The molecule has 2 unspecified atom stereocenters. The van der Waals surface area contributed by atoms with Crippen molar-refractivity contribution in [2.75, 3.05) is 5.32 Å². The van der Waals surface area contributed by atoms with E-state index in [1.165, 1.54) is 6.92 Å². The average molecular weight is 504 g/mol. The Labute approximate surface area is 215 Å². The number of nitrogens with one attached hydrogen (secondary N) is 1. The molecule has 0 saturated heterocycles. The molecule has 10 heteroatoms. The smallest absolute Gasteiger partial charge is 0.210 e. The number of carbonyl (C=O) groups excluding carboxylic acids is 1. The molecule has 5 rings (SSSR count). The van der Waals surface area contributed by atoms with E-state index in [-0.39, 0.29) is 29.8 Å². The Morgan fingerprint density at radius 2 is 2.00 bits per heavy atom. The van der Waals surface area contributed by atoms with Gasteiger partial charge in [-0.25, -0.2) is 4.98 Å². The van der Waals surface area contributed by atoms with Crippen LogP contribution in [-0.4, -0.2) is 46.3 Å². The van der Waals surface area contributed by atoms with Crippen LogP contribution in [0.2, 0.25) is 0 Å². The predicted octanol–water partition coefficient (Wildman–Crippen LogP) is 4.61. The van der Waals surface area contributed by atoms with E-state index in [0.717, 1.165) is 30.5 Å². The molecule has 37 heavy (non-hydrogen) atoms. The summed E-state index contributed by atoms with van der Waals surface area (Å²) in [7, 11) is 1.91. The van der Waals surface area contributed by atoms with Crippen LogP contribution in [0.5, 0.6) is 11.5 Å². The maximum absolute atomic E-state index is 11.4. The van der Waals surface area contributed by atoms with Crippen LogP contribution >= 0.6 is 0 Å². The maximum Gasteiger partial charge on any atom is 0.210 e. The van der Waals surface area contributed by atoms with Crippen molar-refractivity contribution in [3.05, 3.63) is 48.0 Å². The van der Waals surface area contributed by atoms with Gasteiger partial charge in [0.1, 0.15) is 17.3 Å². The van der Waals surface area contributed by atoms with E-state index >= 15 is 0 Å². The van der Waals surface area contributed by atoms with Gasteiger partial charge in [-0.2, -0.15) is 10.1 Å². The van der Waals surface area contributed by atoms with E-state index in [1.54, 1.807) is 24.5 Å². The van der Waals surface area contributed by atoms with Gasteiger partial charge < -0.3 is 19.7 Å². The second-order valence-electron chi connectivity index (χ2n) is 10.8. The molecule has 0 radical (unpaired) electrons. The van der Waals surface area contributed by atoms with Crippen molar-refractivity contribution in [2.24, 2.45) is 7.05 Å². The summed E-state index contributed by atoms with van der Waals surface area (Å²) >= 11 is 0. The first-order chi connectivity index (χ1) is 17.6. The molecule has 0 aromatic carbocycles. The van der Waals surface area contributed by atoms with Gasteiger partial charge in [0.05, 0.1) is 29.6 Å². The zero-order chi connectivity index (χ0) is 26.3. The largest absolute Gasteiger partial charge is 0.456 e. The molecule has 4 aromatic rings. The number of anilines is 2. The monoisotopic (exact) mass is 503 g/mol. The number of aliphatic hydroxyl groups excluding tert-OH is 1. The number of ketones is 1. The van der Waals surface area contributed by atoms with Gasteiger partial charge in [-0.15, -0.1) is 0 Å². The van der Waals surface area contributed by atoms with Crippen molar-refractivity contribution in [3.8, 4) is 11.5 Å². The summed E-state index contributed by atoms with van der Waals surface area (Å²) in [6, 6.07) is 7.39. The number of hydrogen-bond acceptors (Lipinski definition) is 8. The Morgan fingerprint density at radius 3 is 2.70 bits per heavy atom. The summed E-state index contributed by atoms with van der Waals surface area (Å²) in [4.78, 5) is 24.8. The van der Waals surface area contributed by atoms with Crippen LogP contribution in [0, 0.1) is 0 Å². The quantitative estimate of drug-likeness (QED) is 0.375. The molecule has 0 aliphatic heterocycles. The number of nitrogens with zero attached hydrogens (tertiary/aromatic N) is 6. The fraction of sp³-hybridized carbons (Fsp3) is 0.444. The molecule has 1 aliphatic carbocycles. The van der Waals surface area contributed by atoms with E-state index in [1.807, 2.05) is 28.4 Å². The van der Waals surface area contributed by atoms with Crippen molar-refractivity contribution in [1.82, 2.24) is 29.3 Å². The predicted molar refractivity (Wildman–Crippen MR) is 140 cm³/mol. The van der Waals surface area contributed by atoms with Gasteiger partial charge in [0.25, 0.3) is 0 Å². The molecule has 1 aliphatic rings. The number of aromatic nitrogens is 6. The van der Waals surface area contributed by atoms with Crippen molar-refractivity contribution in [2.45, 2.75) is 70.9 Å². The average Bonchev–Trinajstić information content (AvgIpc) is 3.51. The molecular formula is C27H33N7O3. The van der Waals surface area contributed by atoms with Crippen LogP contribution < -0.4 is 10.1 Å². The van der Waals surface area contributed by atoms with E-state index in [0.29, 0.717) is 34.6 Å². The Kier molecular flexibility index (Phi) is 6.45. The molecule has 4 aromatic heterocycles. The molecule has 0 spiro atoms. The SMILES string of the molecule is CC(=O)Cc1cc(Oc2cnc3nc(Nc4cc(C(C)(C)C)n(C5CCCC5O)n4)n(C)c3c2)ccn1. The van der Waals surface area contributed by atoms with Gasteiger partial charge in [0, 0.05) is 49.0 Å². The van der Waals surface area contributed by atoms with Crippen LogP contribution in [0.4, 0.5) is 11.8 Å². The summed E-state index contributed by atoms with van der Waals surface area (Å²) in [5, 5.41) is 18.7. The third-order valence-corrected chi connectivity index (χ3v) is 6.67. The van der Waals surface area contributed by atoms with Gasteiger partial charge in [-0.05, 0) is 32.3 Å². The lowest BCUT2D eigenvalue weighted by molar-refractivity contribution is -0.116. The molecule has 10 nitrogen and oxygen atoms in total. The highest BCUT2D eigenvalue weighted by Gasteiger charge is 2.32. The molecule has 2 atom stereocenters. The minimum absolute atomic E-state index is 0.0178. The van der Waals surface area contributed by atoms with Crippen molar-refractivity contribution in [1.29, 1.82) is 0 Å². The third-order valence-electron chi connectivity index (χ3n) is 6.67. The van der Waals surface area contributed by atoms with Crippen molar-refractivity contribution in [3.63, 3.8) is 0 Å². The number of carbonyl (C=O) groups is 1. The van der Waals surface area contributed by atoms with Crippen LogP contribution in [-0.2, 0) is 23.7 Å². The topological polar surface area (TPSA) is 120 Å². The molecule has 1 fully saturated rings. The lowest BCUT2D eigenvalue weighted by atomic mass is 9.91. The number of ether oxygens (including phenoxy) is 1. The van der Waals surface area contributed by atoms with Crippen LogP contribution in [0.3, 0.4) is 0 Å². The van der Waals surface area contributed by atoms with Gasteiger partial charge in [-0.3, -0.25) is 14.5 Å². The van der Waals surface area contributed by atoms with Gasteiger partial charge >= 0.3 is 0 Å². The summed E-state index contributed by atoms with van der Waals surface area (Å²) in [5.74, 6) is 2.46. The first kappa shape index (κ1) is 24.9. The molecule has 4 heterocycles. The first-order valence-electron chi connectivity index (χ1n) is 12.6. The highest BCUT2D eigenvalue weighted by molar-refractivity contribution is 5.78. The fourth-order valence-corrected chi connectivity index (χ4v) is 4.81. The van der Waals surface area contributed by atoms with Crippen LogP contribution in [0.1, 0.15) is 64.4 Å². The molecular weight excluding hydrogens is 470 g/mol. The maximum atomic E-state index is 11.4. The lowest BCUT2D eigenvalue weighted by Gasteiger charge is -2.25. The number of fused-ring (bicyclic) bond motifs is 1. The van der Waals surface area contributed by atoms with Crippen LogP contribution in [0.25, 0.3) is 11.2 Å². The van der Waals surface area contributed by atoms with Crippen molar-refractivity contribution < 1.29 is 14.6 Å². The highest BCUT2D eigenvalue weighted by atomic mass is 16.5. The Hall–Kier alpha value is -3.79. The lowest BCUT2D eigenvalue weighted by Crippen LogP contribution is -2.26. The van der Waals surface area contributed by atoms with Crippen molar-refractivity contribution >= 4 is 28.7 Å². The number of pyridine rings is 2. The Morgan fingerprint density at radius 1 is 1.19 bits per heavy atom. The minimum atomic E-state index is -0.383. The summed E-state index contributed by atoms with van der Waals surface area (Å²) in [6.07, 6.45) is 5.84. The Bertz CT molecular complexity index is 1450. The molecule has 0 bridgehead atoms. The highest BCUT2D eigenvalue weighted by Crippen LogP contribution is 2.36. The standard InChI is InChI=1S/C27H33N7O3/c1-16(35)11-17-12-18(9-10-28-17)37-19-13-21-25(29-15-19)31-26(33(21)5)30-24-14-23(27(2,3)4)34(32-24)20-7-6-8-22(20)36/h9-10,12-15,20,22,36H,6-8,11H2,1-5H3,(H,29,30,31,32). The van der Waals surface area contributed by atoms with E-state index < -0.39 is 0 Å².